The van der Waals surface area contributed by atoms with Gasteiger partial charge in [0.1, 0.15) is 0 Å². The quantitative estimate of drug-likeness (QED) is 0.725. The first-order valence-electron chi connectivity index (χ1n) is 4.70. The molecule has 1 aromatic heterocycles. The highest BCUT2D eigenvalue weighted by Crippen LogP contribution is 2.30. The zero-order chi connectivity index (χ0) is 9.26. The third kappa shape index (κ3) is 1.76. The molecule has 3 atom stereocenters. The Hall–Kier alpha value is -0.800. The lowest BCUT2D eigenvalue weighted by Gasteiger charge is -2.14. The van der Waals surface area contributed by atoms with Crippen LogP contribution in [-0.2, 0) is 4.74 Å². The van der Waals surface area contributed by atoms with E-state index >= 15 is 0 Å². The van der Waals surface area contributed by atoms with Crippen molar-refractivity contribution in [2.24, 2.45) is 5.92 Å². The summed E-state index contributed by atoms with van der Waals surface area (Å²) in [6.07, 6.45) is 2.66. The predicted molar refractivity (Wildman–Crippen MR) is 49.3 cm³/mol. The maximum absolute atomic E-state index is 9.92. The van der Waals surface area contributed by atoms with Gasteiger partial charge in [-0.15, -0.1) is 0 Å². The van der Waals surface area contributed by atoms with Crippen molar-refractivity contribution < 1.29 is 9.84 Å². The van der Waals surface area contributed by atoms with Crippen LogP contribution in [0.25, 0.3) is 0 Å². The molecule has 1 aromatic rings. The number of nitrogens with one attached hydrogen (secondary N) is 1. The number of hydrogen-bond donors (Lipinski definition) is 2. The monoisotopic (exact) mass is 181 g/mol. The first-order chi connectivity index (χ1) is 6.27. The van der Waals surface area contributed by atoms with Crippen LogP contribution in [-0.4, -0.2) is 22.8 Å². The van der Waals surface area contributed by atoms with E-state index in [0.29, 0.717) is 6.61 Å². The van der Waals surface area contributed by atoms with Crippen LogP contribution >= 0.6 is 0 Å². The molecule has 2 N–H and O–H groups in total. The van der Waals surface area contributed by atoms with Crippen LogP contribution in [0.1, 0.15) is 25.1 Å². The van der Waals surface area contributed by atoms with Gasteiger partial charge in [-0.25, -0.2) is 0 Å². The Labute approximate surface area is 77.7 Å². The van der Waals surface area contributed by atoms with Gasteiger partial charge in [0, 0.05) is 17.8 Å². The number of aromatic nitrogens is 1. The van der Waals surface area contributed by atoms with Crippen molar-refractivity contribution in [1.82, 2.24) is 4.98 Å². The zero-order valence-electron chi connectivity index (χ0n) is 7.73. The van der Waals surface area contributed by atoms with E-state index in [1.807, 2.05) is 25.3 Å². The molecule has 13 heavy (non-hydrogen) atoms. The van der Waals surface area contributed by atoms with E-state index in [0.717, 1.165) is 12.1 Å². The normalized spacial score (nSPS) is 30.6. The highest BCUT2D eigenvalue weighted by molar-refractivity contribution is 5.08. The Morgan fingerprint density at radius 1 is 1.69 bits per heavy atom. The van der Waals surface area contributed by atoms with E-state index in [2.05, 4.69) is 4.98 Å². The molecule has 2 heterocycles. The molecule has 1 fully saturated rings. The summed E-state index contributed by atoms with van der Waals surface area (Å²) in [5, 5.41) is 9.92. The minimum Gasteiger partial charge on any atom is -0.387 e. The van der Waals surface area contributed by atoms with Crippen molar-refractivity contribution in [2.45, 2.75) is 25.6 Å². The second-order valence-corrected chi connectivity index (χ2v) is 3.71. The van der Waals surface area contributed by atoms with E-state index in [-0.39, 0.29) is 12.0 Å². The van der Waals surface area contributed by atoms with Gasteiger partial charge < -0.3 is 14.8 Å². The third-order valence-corrected chi connectivity index (χ3v) is 2.62. The minimum atomic E-state index is -0.403. The molecule has 3 unspecified atom stereocenters. The molecule has 0 aliphatic carbocycles. The summed E-state index contributed by atoms with van der Waals surface area (Å²) >= 11 is 0. The number of rotatable bonds is 2. The number of aliphatic hydroxyl groups excluding tert-OH is 1. The Bertz CT molecular complexity index is 258. The van der Waals surface area contributed by atoms with Crippen LogP contribution in [0.2, 0.25) is 0 Å². The smallest absolute Gasteiger partial charge is 0.0988 e. The van der Waals surface area contributed by atoms with Crippen LogP contribution in [0.5, 0.6) is 0 Å². The summed E-state index contributed by atoms with van der Waals surface area (Å²) < 4.78 is 5.41. The van der Waals surface area contributed by atoms with Crippen LogP contribution in [0.3, 0.4) is 0 Å². The molecule has 0 saturated carbocycles. The minimum absolute atomic E-state index is 0.244. The third-order valence-electron chi connectivity index (χ3n) is 2.62. The van der Waals surface area contributed by atoms with E-state index in [4.69, 9.17) is 4.74 Å². The fourth-order valence-electron chi connectivity index (χ4n) is 1.85. The summed E-state index contributed by atoms with van der Waals surface area (Å²) in [5.74, 6) is 0.244. The Balaban J connectivity index is 2.02. The predicted octanol–water partition coefficient (Wildman–Crippen LogP) is 1.47. The molecular weight excluding hydrogens is 166 g/mol. The molecule has 1 aliphatic rings. The van der Waals surface area contributed by atoms with Crippen molar-refractivity contribution >= 4 is 0 Å². The van der Waals surface area contributed by atoms with Gasteiger partial charge in [-0.2, -0.15) is 0 Å². The summed E-state index contributed by atoms with van der Waals surface area (Å²) in [5.41, 5.74) is 0.891. The highest BCUT2D eigenvalue weighted by Gasteiger charge is 2.29. The van der Waals surface area contributed by atoms with Crippen LogP contribution in [0, 0.1) is 5.92 Å². The van der Waals surface area contributed by atoms with Crippen LogP contribution < -0.4 is 0 Å². The van der Waals surface area contributed by atoms with Gasteiger partial charge >= 0.3 is 0 Å². The lowest BCUT2D eigenvalue weighted by atomic mass is 9.97. The van der Waals surface area contributed by atoms with E-state index in [1.54, 1.807) is 0 Å². The molecule has 0 aromatic carbocycles. The van der Waals surface area contributed by atoms with Crippen molar-refractivity contribution in [1.29, 1.82) is 0 Å². The largest absolute Gasteiger partial charge is 0.387 e. The maximum atomic E-state index is 9.92. The van der Waals surface area contributed by atoms with Crippen LogP contribution in [0.4, 0.5) is 0 Å². The molecule has 72 valence electrons. The van der Waals surface area contributed by atoms with E-state index in [9.17, 15) is 5.11 Å². The summed E-state index contributed by atoms with van der Waals surface area (Å²) in [6, 6.07) is 3.81. The van der Waals surface area contributed by atoms with Crippen molar-refractivity contribution in [2.75, 3.05) is 6.61 Å². The van der Waals surface area contributed by atoms with E-state index < -0.39 is 6.10 Å². The van der Waals surface area contributed by atoms with Gasteiger partial charge in [0.25, 0.3) is 0 Å². The van der Waals surface area contributed by atoms with Gasteiger partial charge in [0.15, 0.2) is 0 Å². The fourth-order valence-corrected chi connectivity index (χ4v) is 1.85. The van der Waals surface area contributed by atoms with Crippen molar-refractivity contribution in [3.63, 3.8) is 0 Å². The Morgan fingerprint density at radius 2 is 2.54 bits per heavy atom. The molecule has 1 saturated heterocycles. The lowest BCUT2D eigenvalue weighted by molar-refractivity contribution is 0.0784. The fraction of sp³-hybridized carbons (Fsp3) is 0.600. The first kappa shape index (κ1) is 8.78. The summed E-state index contributed by atoms with van der Waals surface area (Å²) in [7, 11) is 0. The summed E-state index contributed by atoms with van der Waals surface area (Å²) in [6.45, 7) is 2.71. The second kappa shape index (κ2) is 3.52. The second-order valence-electron chi connectivity index (χ2n) is 3.71. The molecule has 3 nitrogen and oxygen atoms in total. The lowest BCUT2D eigenvalue weighted by Crippen LogP contribution is -2.12. The molecule has 0 radical (unpaired) electrons. The number of H-pyrrole nitrogens is 1. The zero-order valence-corrected chi connectivity index (χ0v) is 7.73. The number of ether oxygens (including phenoxy) is 1. The Morgan fingerprint density at radius 3 is 3.08 bits per heavy atom. The molecule has 0 amide bonds. The number of hydrogen-bond acceptors (Lipinski definition) is 2. The number of aliphatic hydroxyl groups is 1. The van der Waals surface area contributed by atoms with Gasteiger partial charge in [-0.3, -0.25) is 0 Å². The number of aromatic amines is 1. The van der Waals surface area contributed by atoms with Gasteiger partial charge in [0.2, 0.25) is 0 Å². The SMILES string of the molecule is CC1CC(C(O)c2ccc[nH]2)CO1. The van der Waals surface area contributed by atoms with Crippen molar-refractivity contribution in [3.8, 4) is 0 Å². The first-order valence-corrected chi connectivity index (χ1v) is 4.70. The highest BCUT2D eigenvalue weighted by atomic mass is 16.5. The van der Waals surface area contributed by atoms with Gasteiger partial charge in [-0.1, -0.05) is 0 Å². The standard InChI is InChI=1S/C10H15NO2/c1-7-5-8(6-13-7)10(12)9-3-2-4-11-9/h2-4,7-8,10-12H,5-6H2,1H3. The maximum Gasteiger partial charge on any atom is 0.0988 e. The van der Waals surface area contributed by atoms with E-state index in [1.165, 1.54) is 0 Å². The average Bonchev–Trinajstić information content (AvgIpc) is 2.72. The topological polar surface area (TPSA) is 45.2 Å². The van der Waals surface area contributed by atoms with Crippen molar-refractivity contribution in [3.05, 3.63) is 24.0 Å². The molecular formula is C10H15NO2. The molecule has 1 aliphatic heterocycles. The molecule has 2 rings (SSSR count). The van der Waals surface area contributed by atoms with Gasteiger partial charge in [0.05, 0.1) is 18.8 Å². The average molecular weight is 181 g/mol. The Kier molecular flexibility index (Phi) is 2.38. The van der Waals surface area contributed by atoms with Gasteiger partial charge in [-0.05, 0) is 25.5 Å². The molecule has 0 spiro atoms. The molecule has 3 heteroatoms. The molecule has 0 bridgehead atoms. The van der Waals surface area contributed by atoms with Crippen LogP contribution in [0.15, 0.2) is 18.3 Å². The summed E-state index contributed by atoms with van der Waals surface area (Å²) in [4.78, 5) is 3.02.